The molecule has 1 rings (SSSR count). The SMILES string of the molecule is CCNC(=NCc1ccccc1C)NCCCS(C)(=O)=O. The van der Waals surface area contributed by atoms with E-state index in [2.05, 4.69) is 34.7 Å². The number of aryl methyl sites for hydroxylation is 1. The number of rotatable bonds is 7. The van der Waals surface area contributed by atoms with Crippen LogP contribution in [-0.4, -0.2) is 39.5 Å². The van der Waals surface area contributed by atoms with E-state index in [4.69, 9.17) is 0 Å². The van der Waals surface area contributed by atoms with Crippen molar-refractivity contribution < 1.29 is 8.42 Å². The van der Waals surface area contributed by atoms with E-state index in [9.17, 15) is 8.42 Å². The fraction of sp³-hybridized carbons (Fsp3) is 0.533. The topological polar surface area (TPSA) is 70.6 Å². The molecule has 0 spiro atoms. The van der Waals surface area contributed by atoms with Gasteiger partial charge < -0.3 is 10.6 Å². The molecule has 0 aromatic heterocycles. The van der Waals surface area contributed by atoms with Crippen molar-refractivity contribution in [1.29, 1.82) is 0 Å². The van der Waals surface area contributed by atoms with Crippen molar-refractivity contribution in [2.24, 2.45) is 4.99 Å². The van der Waals surface area contributed by atoms with E-state index in [1.165, 1.54) is 17.4 Å². The Balaban J connectivity index is 2.52. The van der Waals surface area contributed by atoms with Crippen molar-refractivity contribution in [2.45, 2.75) is 26.8 Å². The summed E-state index contributed by atoms with van der Waals surface area (Å²) in [6.07, 6.45) is 1.83. The lowest BCUT2D eigenvalue weighted by molar-refractivity contribution is 0.598. The van der Waals surface area contributed by atoms with Gasteiger partial charge in [-0.05, 0) is 31.4 Å². The van der Waals surface area contributed by atoms with Crippen LogP contribution in [0.3, 0.4) is 0 Å². The molecular weight excluding hydrogens is 286 g/mol. The first-order valence-corrected chi connectivity index (χ1v) is 9.23. The van der Waals surface area contributed by atoms with Crippen molar-refractivity contribution in [3.05, 3.63) is 35.4 Å². The summed E-state index contributed by atoms with van der Waals surface area (Å²) >= 11 is 0. The Bertz CT molecular complexity index is 568. The number of hydrogen-bond donors (Lipinski definition) is 2. The van der Waals surface area contributed by atoms with E-state index in [1.54, 1.807) is 0 Å². The zero-order valence-electron chi connectivity index (χ0n) is 13.0. The molecule has 0 bridgehead atoms. The van der Waals surface area contributed by atoms with E-state index in [0.29, 0.717) is 25.5 Å². The molecule has 5 nitrogen and oxygen atoms in total. The van der Waals surface area contributed by atoms with Gasteiger partial charge >= 0.3 is 0 Å². The smallest absolute Gasteiger partial charge is 0.191 e. The number of guanidine groups is 1. The molecule has 0 aliphatic rings. The van der Waals surface area contributed by atoms with Crippen molar-refractivity contribution in [2.75, 3.05) is 25.1 Å². The normalized spacial score (nSPS) is 12.2. The van der Waals surface area contributed by atoms with Crippen LogP contribution in [-0.2, 0) is 16.4 Å². The Hall–Kier alpha value is -1.56. The lowest BCUT2D eigenvalue weighted by atomic mass is 10.1. The van der Waals surface area contributed by atoms with Gasteiger partial charge in [0.1, 0.15) is 9.84 Å². The number of aliphatic imine (C=N–C) groups is 1. The average molecular weight is 311 g/mol. The van der Waals surface area contributed by atoms with Gasteiger partial charge in [-0.25, -0.2) is 13.4 Å². The predicted octanol–water partition coefficient (Wildman–Crippen LogP) is 1.48. The van der Waals surface area contributed by atoms with E-state index < -0.39 is 9.84 Å². The van der Waals surface area contributed by atoms with Gasteiger partial charge in [0, 0.05) is 19.3 Å². The Morgan fingerprint density at radius 2 is 1.95 bits per heavy atom. The zero-order chi connectivity index (χ0) is 15.7. The highest BCUT2D eigenvalue weighted by molar-refractivity contribution is 7.90. The molecule has 1 aromatic rings. The Labute approximate surface area is 127 Å². The van der Waals surface area contributed by atoms with Crippen LogP contribution in [0.15, 0.2) is 29.3 Å². The third-order valence-corrected chi connectivity index (χ3v) is 4.03. The largest absolute Gasteiger partial charge is 0.357 e. The first-order valence-electron chi connectivity index (χ1n) is 7.17. The van der Waals surface area contributed by atoms with Gasteiger partial charge in [-0.1, -0.05) is 24.3 Å². The molecule has 1 aromatic carbocycles. The number of nitrogens with zero attached hydrogens (tertiary/aromatic N) is 1. The lowest BCUT2D eigenvalue weighted by Gasteiger charge is -2.11. The minimum absolute atomic E-state index is 0.192. The second-order valence-corrected chi connectivity index (χ2v) is 7.29. The van der Waals surface area contributed by atoms with Crippen molar-refractivity contribution in [3.8, 4) is 0 Å². The summed E-state index contributed by atoms with van der Waals surface area (Å²) in [4.78, 5) is 4.52. The van der Waals surface area contributed by atoms with Crippen LogP contribution in [0, 0.1) is 6.92 Å². The Morgan fingerprint density at radius 3 is 2.57 bits per heavy atom. The van der Waals surface area contributed by atoms with Crippen LogP contribution in [0.5, 0.6) is 0 Å². The van der Waals surface area contributed by atoms with Crippen LogP contribution < -0.4 is 10.6 Å². The molecule has 0 heterocycles. The molecular formula is C15H25N3O2S. The van der Waals surface area contributed by atoms with Crippen LogP contribution in [0.25, 0.3) is 0 Å². The molecule has 0 unspecified atom stereocenters. The minimum Gasteiger partial charge on any atom is -0.357 e. The third-order valence-electron chi connectivity index (χ3n) is 3.00. The van der Waals surface area contributed by atoms with E-state index in [1.807, 2.05) is 19.1 Å². The summed E-state index contributed by atoms with van der Waals surface area (Å²) < 4.78 is 22.2. The number of nitrogens with one attached hydrogen (secondary N) is 2. The van der Waals surface area contributed by atoms with Crippen LogP contribution in [0.4, 0.5) is 0 Å². The highest BCUT2D eigenvalue weighted by atomic mass is 32.2. The fourth-order valence-corrected chi connectivity index (χ4v) is 2.50. The summed E-state index contributed by atoms with van der Waals surface area (Å²) in [5, 5.41) is 6.32. The molecule has 0 amide bonds. The standard InChI is InChI=1S/C15H25N3O2S/c1-4-16-15(17-10-7-11-21(3,19)20)18-12-14-9-6-5-8-13(14)2/h5-6,8-9H,4,7,10-12H2,1-3H3,(H2,16,17,18). The number of sulfone groups is 1. The fourth-order valence-electron chi connectivity index (χ4n) is 1.83. The molecule has 0 aliphatic carbocycles. The molecule has 6 heteroatoms. The van der Waals surface area contributed by atoms with Gasteiger partial charge in [-0.2, -0.15) is 0 Å². The Kier molecular flexibility index (Phi) is 7.22. The second kappa shape index (κ2) is 8.67. The van der Waals surface area contributed by atoms with Crippen molar-refractivity contribution in [3.63, 3.8) is 0 Å². The van der Waals surface area contributed by atoms with Crippen LogP contribution in [0.1, 0.15) is 24.5 Å². The van der Waals surface area contributed by atoms with Gasteiger partial charge in [0.25, 0.3) is 0 Å². The summed E-state index contributed by atoms with van der Waals surface area (Å²) in [5.74, 6) is 0.909. The quantitative estimate of drug-likeness (QED) is 0.455. The first-order chi connectivity index (χ1) is 9.92. The summed E-state index contributed by atoms with van der Waals surface area (Å²) in [6.45, 7) is 6.03. The maximum absolute atomic E-state index is 11.1. The zero-order valence-corrected chi connectivity index (χ0v) is 13.8. The monoisotopic (exact) mass is 311 g/mol. The number of hydrogen-bond acceptors (Lipinski definition) is 3. The minimum atomic E-state index is -2.90. The molecule has 0 atom stereocenters. The molecule has 0 saturated heterocycles. The molecule has 118 valence electrons. The first kappa shape index (κ1) is 17.5. The second-order valence-electron chi connectivity index (χ2n) is 5.03. The van der Waals surface area contributed by atoms with Gasteiger partial charge in [0.15, 0.2) is 5.96 Å². The maximum Gasteiger partial charge on any atom is 0.191 e. The molecule has 2 N–H and O–H groups in total. The van der Waals surface area contributed by atoms with Crippen molar-refractivity contribution in [1.82, 2.24) is 10.6 Å². The summed E-state index contributed by atoms with van der Waals surface area (Å²) in [6, 6.07) is 8.14. The molecule has 0 aliphatic heterocycles. The molecule has 0 saturated carbocycles. The van der Waals surface area contributed by atoms with Gasteiger partial charge in [-0.15, -0.1) is 0 Å². The predicted molar refractivity (Wildman–Crippen MR) is 88.3 cm³/mol. The highest BCUT2D eigenvalue weighted by Gasteiger charge is 2.03. The molecule has 0 radical (unpaired) electrons. The average Bonchev–Trinajstić information content (AvgIpc) is 2.41. The van der Waals surface area contributed by atoms with Crippen LogP contribution in [0.2, 0.25) is 0 Å². The molecule has 0 fully saturated rings. The number of benzene rings is 1. The highest BCUT2D eigenvalue weighted by Crippen LogP contribution is 2.07. The maximum atomic E-state index is 11.1. The van der Waals surface area contributed by atoms with E-state index in [0.717, 1.165) is 6.54 Å². The lowest BCUT2D eigenvalue weighted by Crippen LogP contribution is -2.38. The molecule has 21 heavy (non-hydrogen) atoms. The summed E-state index contributed by atoms with van der Waals surface area (Å²) in [7, 11) is -2.90. The van der Waals surface area contributed by atoms with Crippen LogP contribution >= 0.6 is 0 Å². The summed E-state index contributed by atoms with van der Waals surface area (Å²) in [5.41, 5.74) is 2.40. The van der Waals surface area contributed by atoms with Gasteiger partial charge in [0.2, 0.25) is 0 Å². The Morgan fingerprint density at radius 1 is 1.24 bits per heavy atom. The van der Waals surface area contributed by atoms with E-state index in [-0.39, 0.29) is 5.75 Å². The van der Waals surface area contributed by atoms with Gasteiger partial charge in [0.05, 0.1) is 12.3 Å². The van der Waals surface area contributed by atoms with E-state index >= 15 is 0 Å². The van der Waals surface area contributed by atoms with Crippen molar-refractivity contribution >= 4 is 15.8 Å². The third kappa shape index (κ3) is 7.70. The van der Waals surface area contributed by atoms with Gasteiger partial charge in [-0.3, -0.25) is 0 Å².